The number of pyridine rings is 1. The monoisotopic (exact) mass is 673 g/mol. The Morgan fingerprint density at radius 3 is 2.55 bits per heavy atom. The van der Waals surface area contributed by atoms with Crippen molar-refractivity contribution in [3.63, 3.8) is 0 Å². The molecule has 5 rings (SSSR count). The molecule has 13 nitrogen and oxygen atoms in total. The van der Waals surface area contributed by atoms with E-state index < -0.39 is 87.4 Å². The van der Waals surface area contributed by atoms with Crippen LogP contribution in [0, 0.1) is 11.3 Å². The Balaban J connectivity index is 1.42. The van der Waals surface area contributed by atoms with Gasteiger partial charge in [0.1, 0.15) is 37.0 Å². The normalized spacial score (nSPS) is 24.6. The van der Waals surface area contributed by atoms with Gasteiger partial charge in [0.2, 0.25) is 27.7 Å². The molecule has 0 bridgehead atoms. The highest BCUT2D eigenvalue weighted by Gasteiger charge is 2.62. The predicted molar refractivity (Wildman–Crippen MR) is 169 cm³/mol. The van der Waals surface area contributed by atoms with Gasteiger partial charge in [-0.2, -0.15) is 0 Å². The second kappa shape index (κ2) is 13.1. The molecule has 2 aromatic rings. The highest BCUT2D eigenvalue weighted by Crippen LogP contribution is 2.45. The van der Waals surface area contributed by atoms with Gasteiger partial charge in [-0.3, -0.25) is 19.1 Å². The third kappa shape index (κ3) is 7.34. The zero-order valence-corrected chi connectivity index (χ0v) is 27.3. The first-order valence-electron chi connectivity index (χ1n) is 15.5. The number of amides is 4. The maximum atomic E-state index is 14.2. The van der Waals surface area contributed by atoms with Crippen LogP contribution in [0.15, 0.2) is 49.2 Å². The largest absolute Gasteiger partial charge is 0.472 e. The number of rotatable bonds is 12. The maximum Gasteiger partial charge on any atom is 0.407 e. The Morgan fingerprint density at radius 1 is 1.19 bits per heavy atom. The number of alkyl carbamates (subject to hydrolysis) is 1. The van der Waals surface area contributed by atoms with Crippen LogP contribution in [0.4, 0.5) is 9.18 Å². The molecule has 1 aromatic heterocycles. The van der Waals surface area contributed by atoms with Gasteiger partial charge in [-0.25, -0.2) is 22.6 Å². The van der Waals surface area contributed by atoms with Crippen molar-refractivity contribution >= 4 is 44.6 Å². The molecule has 1 aliphatic heterocycles. The third-order valence-electron chi connectivity index (χ3n) is 8.70. The first-order chi connectivity index (χ1) is 22.2. The van der Waals surface area contributed by atoms with E-state index in [1.165, 1.54) is 11.0 Å². The Labute approximate surface area is 272 Å². The summed E-state index contributed by atoms with van der Waals surface area (Å²) in [5, 5.41) is 6.19. The minimum atomic E-state index is -3.90. The van der Waals surface area contributed by atoms with E-state index in [0.29, 0.717) is 18.7 Å². The van der Waals surface area contributed by atoms with Crippen LogP contribution in [-0.4, -0.2) is 90.9 Å². The fourth-order valence-corrected chi connectivity index (χ4v) is 7.21. The van der Waals surface area contributed by atoms with Gasteiger partial charge in [0.15, 0.2) is 0 Å². The second-order valence-electron chi connectivity index (χ2n) is 13.3. The molecule has 1 aromatic carbocycles. The Bertz CT molecular complexity index is 1670. The van der Waals surface area contributed by atoms with Crippen molar-refractivity contribution in [3.8, 4) is 5.88 Å². The summed E-state index contributed by atoms with van der Waals surface area (Å²) in [5.74, 6) is -2.43. The number of hydrogen-bond donors (Lipinski definition) is 3. The number of aromatic nitrogens is 1. The van der Waals surface area contributed by atoms with E-state index in [4.69, 9.17) is 9.47 Å². The average molecular weight is 674 g/mol. The van der Waals surface area contributed by atoms with Gasteiger partial charge in [0, 0.05) is 23.9 Å². The highest BCUT2D eigenvalue weighted by molar-refractivity contribution is 7.91. The summed E-state index contributed by atoms with van der Waals surface area (Å²) in [5.41, 5.74) is -2.44. The summed E-state index contributed by atoms with van der Waals surface area (Å²) in [7, 11) is -3.90. The molecule has 4 amide bonds. The quantitative estimate of drug-likeness (QED) is 0.286. The van der Waals surface area contributed by atoms with Crippen LogP contribution in [-0.2, 0) is 29.1 Å². The first-order valence-corrected chi connectivity index (χ1v) is 17.1. The molecular weight excluding hydrogens is 633 g/mol. The molecule has 3 N–H and O–H groups in total. The van der Waals surface area contributed by atoms with Crippen LogP contribution in [0.1, 0.15) is 46.5 Å². The third-order valence-corrected chi connectivity index (χ3v) is 10.5. The minimum absolute atomic E-state index is 0.00244. The van der Waals surface area contributed by atoms with Gasteiger partial charge in [0.05, 0.1) is 11.8 Å². The van der Waals surface area contributed by atoms with Crippen molar-refractivity contribution in [2.75, 3.05) is 19.8 Å². The van der Waals surface area contributed by atoms with Gasteiger partial charge < -0.3 is 25.0 Å². The number of hydrogen-bond acceptors (Lipinski definition) is 9. The molecule has 0 radical (unpaired) electrons. The zero-order valence-electron chi connectivity index (χ0n) is 26.5. The Hall–Kier alpha value is -4.27. The fraction of sp³-hybridized carbons (Fsp3) is 0.531. The lowest BCUT2D eigenvalue weighted by atomic mass is 9.85. The molecule has 0 spiro atoms. The summed E-state index contributed by atoms with van der Waals surface area (Å²) in [6.07, 6.45) is 2.37. The lowest BCUT2D eigenvalue weighted by Crippen LogP contribution is -2.60. The topological polar surface area (TPSA) is 173 Å². The van der Waals surface area contributed by atoms with Crippen LogP contribution in [0.2, 0.25) is 0 Å². The van der Waals surface area contributed by atoms with Crippen LogP contribution in [0.5, 0.6) is 5.88 Å². The van der Waals surface area contributed by atoms with E-state index in [0.717, 1.165) is 10.8 Å². The molecule has 47 heavy (non-hydrogen) atoms. The minimum Gasteiger partial charge on any atom is -0.472 e. The molecule has 5 atom stereocenters. The van der Waals surface area contributed by atoms with Gasteiger partial charge in [-0.05, 0) is 42.2 Å². The number of carbonyl (C=O) groups is 4. The van der Waals surface area contributed by atoms with Crippen LogP contribution < -0.4 is 20.1 Å². The number of likely N-dealkylation sites (tertiary alicyclic amines) is 1. The highest BCUT2D eigenvalue weighted by atomic mass is 32.2. The van der Waals surface area contributed by atoms with E-state index in [1.807, 2.05) is 30.3 Å². The number of nitrogens with one attached hydrogen (secondary N) is 3. The number of halogens is 1. The van der Waals surface area contributed by atoms with Crippen molar-refractivity contribution in [1.82, 2.24) is 25.2 Å². The zero-order chi connectivity index (χ0) is 34.1. The second-order valence-corrected chi connectivity index (χ2v) is 15.2. The van der Waals surface area contributed by atoms with Crippen molar-refractivity contribution < 1.29 is 41.5 Å². The summed E-state index contributed by atoms with van der Waals surface area (Å²) < 4.78 is 51.0. The van der Waals surface area contributed by atoms with E-state index >= 15 is 0 Å². The Morgan fingerprint density at radius 2 is 1.91 bits per heavy atom. The van der Waals surface area contributed by atoms with Gasteiger partial charge in [0.25, 0.3) is 5.91 Å². The number of sulfonamides is 1. The summed E-state index contributed by atoms with van der Waals surface area (Å²) >= 11 is 0. The molecular formula is C32H40FN5O8S. The lowest BCUT2D eigenvalue weighted by Gasteiger charge is -2.35. The van der Waals surface area contributed by atoms with Gasteiger partial charge in [-0.15, -0.1) is 6.58 Å². The number of nitrogens with zero attached hydrogens (tertiary/aromatic N) is 2. The van der Waals surface area contributed by atoms with Crippen LogP contribution in [0.3, 0.4) is 0 Å². The number of fused-ring (bicyclic) bond motifs is 1. The maximum absolute atomic E-state index is 14.2. The molecule has 254 valence electrons. The lowest BCUT2D eigenvalue weighted by molar-refractivity contribution is -0.142. The average Bonchev–Trinajstić information content (AvgIpc) is 3.95. The van der Waals surface area contributed by atoms with E-state index in [9.17, 15) is 32.0 Å². The molecule has 2 heterocycles. The van der Waals surface area contributed by atoms with E-state index in [-0.39, 0.29) is 19.4 Å². The molecule has 15 heteroatoms. The van der Waals surface area contributed by atoms with E-state index in [2.05, 4.69) is 26.9 Å². The van der Waals surface area contributed by atoms with Gasteiger partial charge >= 0.3 is 6.09 Å². The molecule has 2 aliphatic carbocycles. The Kier molecular flexibility index (Phi) is 9.49. The molecule has 3 aliphatic rings. The first kappa shape index (κ1) is 34.1. The molecule has 0 unspecified atom stereocenters. The summed E-state index contributed by atoms with van der Waals surface area (Å²) in [6, 6.07) is 6.89. The van der Waals surface area contributed by atoms with Crippen LogP contribution >= 0.6 is 0 Å². The molecule has 2 saturated carbocycles. The van der Waals surface area contributed by atoms with Crippen molar-refractivity contribution in [2.24, 2.45) is 11.3 Å². The number of ether oxygens (including phenoxy) is 2. The number of carbonyl (C=O) groups excluding carboxylic acids is 4. The van der Waals surface area contributed by atoms with Crippen molar-refractivity contribution in [1.29, 1.82) is 0 Å². The SMILES string of the molecule is C=C[C@@H]1C[C@]1(NC(=O)[C@@H]1C[C@@H](Oc2nccc3ccccc23)CN1C(=O)[C@@H](NC(=O)OCCF)C(C)(C)C)C(=O)NS(=O)(=O)C1CC1. The van der Waals surface area contributed by atoms with Crippen molar-refractivity contribution in [3.05, 3.63) is 49.2 Å². The predicted octanol–water partition coefficient (Wildman–Crippen LogP) is 2.36. The number of benzene rings is 1. The molecule has 1 saturated heterocycles. The summed E-state index contributed by atoms with van der Waals surface area (Å²) in [4.78, 5) is 59.7. The molecule has 3 fully saturated rings. The fourth-order valence-electron chi connectivity index (χ4n) is 5.84. The standard InChI is InChI=1S/C32H40FN5O8S/c1-5-20-17-32(20,29(41)37-47(43,44)22-10-11-22)36-26(39)24-16-21(46-27-23-9-7-6-8-19(23)12-14-34-27)18-38(24)28(40)25(31(2,3)4)35-30(42)45-15-13-33/h5-9,12,14,20-22,24-25H,1,10-11,13,15-18H2,2-4H3,(H,35,42)(H,36,39)(H,37,41)/t20-,21-,24+,25-,32-/m1/s1. The van der Waals surface area contributed by atoms with E-state index in [1.54, 1.807) is 27.0 Å². The van der Waals surface area contributed by atoms with Gasteiger partial charge in [-0.1, -0.05) is 45.0 Å². The van der Waals surface area contributed by atoms with Crippen LogP contribution in [0.25, 0.3) is 10.8 Å². The smallest absolute Gasteiger partial charge is 0.407 e. The van der Waals surface area contributed by atoms with Crippen molar-refractivity contribution in [2.45, 2.75) is 75.4 Å². The number of alkyl halides is 1. The summed E-state index contributed by atoms with van der Waals surface area (Å²) in [6.45, 7) is 7.39.